The normalized spacial score (nSPS) is 20.5. The van der Waals surface area contributed by atoms with Crippen molar-refractivity contribution in [3.05, 3.63) is 0 Å². The number of hydrogen-bond donors (Lipinski definition) is 2. The van der Waals surface area contributed by atoms with Crippen molar-refractivity contribution in [2.24, 2.45) is 5.92 Å². The van der Waals surface area contributed by atoms with Crippen molar-refractivity contribution in [1.29, 1.82) is 0 Å². The Labute approximate surface area is 67.2 Å². The molecule has 0 aromatic carbocycles. The Balaban J connectivity index is 1.96. The molecule has 4 nitrogen and oxygen atoms in total. The topological polar surface area (TPSA) is 42.5 Å². The predicted molar refractivity (Wildman–Crippen MR) is 41.7 cm³/mol. The summed E-state index contributed by atoms with van der Waals surface area (Å²) in [5, 5.41) is 0. The van der Waals surface area contributed by atoms with Gasteiger partial charge in [0.15, 0.2) is 0 Å². The molecule has 0 bridgehead atoms. The van der Waals surface area contributed by atoms with E-state index in [-0.39, 0.29) is 0 Å². The maximum atomic E-state index is 5.23. The van der Waals surface area contributed by atoms with E-state index in [9.17, 15) is 0 Å². The molecule has 1 fully saturated rings. The summed E-state index contributed by atoms with van der Waals surface area (Å²) in [5.74, 6) is 0.728. The van der Waals surface area contributed by atoms with Crippen molar-refractivity contribution < 1.29 is 9.57 Å². The van der Waals surface area contributed by atoms with Crippen LogP contribution in [0.25, 0.3) is 0 Å². The molecule has 0 saturated carbocycles. The lowest BCUT2D eigenvalue weighted by Gasteiger charge is -2.21. The molecule has 0 aliphatic carbocycles. The summed E-state index contributed by atoms with van der Waals surface area (Å²) in [5.41, 5.74) is 5.58. The minimum atomic E-state index is 0.728. The molecule has 0 aromatic heterocycles. The Morgan fingerprint density at radius 2 is 2.18 bits per heavy atom. The smallest absolute Gasteiger partial charge is 0.0588 e. The fraction of sp³-hybridized carbons (Fsp3) is 1.00. The van der Waals surface area contributed by atoms with Gasteiger partial charge in [0.05, 0.1) is 7.11 Å². The van der Waals surface area contributed by atoms with Gasteiger partial charge in [-0.15, -0.1) is 5.59 Å². The third-order valence-electron chi connectivity index (χ3n) is 1.91. The van der Waals surface area contributed by atoms with E-state index in [4.69, 9.17) is 4.74 Å². The summed E-state index contributed by atoms with van der Waals surface area (Å²) in [7, 11) is 1.59. The highest BCUT2D eigenvalue weighted by atomic mass is 16.7. The molecular weight excluding hydrogens is 144 g/mol. The number of ether oxygens (including phenoxy) is 1. The van der Waals surface area contributed by atoms with Crippen molar-refractivity contribution in [3.8, 4) is 0 Å². The van der Waals surface area contributed by atoms with Crippen LogP contribution in [0.3, 0.4) is 0 Å². The first-order chi connectivity index (χ1) is 5.43. The molecule has 1 aliphatic heterocycles. The third kappa shape index (κ3) is 3.67. The maximum absolute atomic E-state index is 5.23. The molecule has 1 heterocycles. The highest BCUT2D eigenvalue weighted by Gasteiger charge is 2.12. The van der Waals surface area contributed by atoms with Crippen LogP contribution in [-0.4, -0.2) is 26.9 Å². The molecule has 1 rings (SSSR count). The van der Waals surface area contributed by atoms with Gasteiger partial charge in [-0.05, 0) is 18.8 Å². The third-order valence-corrected chi connectivity index (χ3v) is 1.91. The second-order valence-corrected chi connectivity index (χ2v) is 2.74. The summed E-state index contributed by atoms with van der Waals surface area (Å²) in [6, 6.07) is 0. The zero-order chi connectivity index (χ0) is 7.94. The van der Waals surface area contributed by atoms with Gasteiger partial charge in [0.25, 0.3) is 0 Å². The van der Waals surface area contributed by atoms with Gasteiger partial charge in [0, 0.05) is 19.8 Å². The van der Waals surface area contributed by atoms with Crippen molar-refractivity contribution in [2.75, 3.05) is 26.9 Å². The van der Waals surface area contributed by atoms with E-state index < -0.39 is 0 Å². The molecule has 0 aromatic rings. The van der Waals surface area contributed by atoms with Crippen LogP contribution < -0.4 is 11.0 Å². The van der Waals surface area contributed by atoms with Gasteiger partial charge in [0.1, 0.15) is 0 Å². The Hall–Kier alpha value is -0.160. The standard InChI is InChI=1S/C7H16N2O2/c1-10-9-8-6-7-2-4-11-5-3-7/h7-9H,2-6H2,1H3. The second-order valence-electron chi connectivity index (χ2n) is 2.74. The minimum absolute atomic E-state index is 0.728. The molecule has 0 spiro atoms. The number of rotatable bonds is 4. The molecule has 2 N–H and O–H groups in total. The fourth-order valence-electron chi connectivity index (χ4n) is 1.21. The summed E-state index contributed by atoms with van der Waals surface area (Å²) in [6.07, 6.45) is 2.30. The van der Waals surface area contributed by atoms with Crippen LogP contribution >= 0.6 is 0 Å². The van der Waals surface area contributed by atoms with Crippen LogP contribution in [-0.2, 0) is 9.57 Å². The quantitative estimate of drug-likeness (QED) is 0.451. The molecule has 1 aliphatic rings. The van der Waals surface area contributed by atoms with E-state index in [0.29, 0.717) is 0 Å². The van der Waals surface area contributed by atoms with E-state index in [1.54, 1.807) is 7.11 Å². The number of hydrazine groups is 1. The zero-order valence-electron chi connectivity index (χ0n) is 6.93. The van der Waals surface area contributed by atoms with Crippen LogP contribution in [0.1, 0.15) is 12.8 Å². The van der Waals surface area contributed by atoms with Crippen LogP contribution in [0.4, 0.5) is 0 Å². The van der Waals surface area contributed by atoms with Gasteiger partial charge in [-0.25, -0.2) is 5.43 Å². The Morgan fingerprint density at radius 3 is 2.82 bits per heavy atom. The van der Waals surface area contributed by atoms with Crippen molar-refractivity contribution in [3.63, 3.8) is 0 Å². The van der Waals surface area contributed by atoms with Crippen LogP contribution in [0, 0.1) is 5.92 Å². The molecule has 66 valence electrons. The summed E-state index contributed by atoms with van der Waals surface area (Å²) >= 11 is 0. The monoisotopic (exact) mass is 160 g/mol. The van der Waals surface area contributed by atoms with E-state index >= 15 is 0 Å². The number of nitrogens with one attached hydrogen (secondary N) is 2. The van der Waals surface area contributed by atoms with Gasteiger partial charge in [0.2, 0.25) is 0 Å². The van der Waals surface area contributed by atoms with E-state index in [2.05, 4.69) is 15.9 Å². The SMILES string of the molecule is CONNCC1CCOCC1. The molecule has 0 unspecified atom stereocenters. The largest absolute Gasteiger partial charge is 0.381 e. The predicted octanol–water partition coefficient (Wildman–Crippen LogP) is 0.0686. The van der Waals surface area contributed by atoms with Gasteiger partial charge < -0.3 is 4.74 Å². The van der Waals surface area contributed by atoms with Crippen molar-refractivity contribution in [1.82, 2.24) is 11.0 Å². The van der Waals surface area contributed by atoms with Gasteiger partial charge in [-0.3, -0.25) is 4.84 Å². The Kier molecular flexibility index (Phi) is 4.45. The summed E-state index contributed by atoms with van der Waals surface area (Å²) in [4.78, 5) is 4.64. The van der Waals surface area contributed by atoms with Crippen molar-refractivity contribution in [2.45, 2.75) is 12.8 Å². The average Bonchev–Trinajstić information content (AvgIpc) is 2.07. The van der Waals surface area contributed by atoms with Crippen LogP contribution in [0.15, 0.2) is 0 Å². The van der Waals surface area contributed by atoms with Crippen molar-refractivity contribution >= 4 is 0 Å². The molecule has 0 amide bonds. The lowest BCUT2D eigenvalue weighted by atomic mass is 10.0. The zero-order valence-corrected chi connectivity index (χ0v) is 6.93. The second kappa shape index (κ2) is 5.49. The first-order valence-electron chi connectivity index (χ1n) is 4.02. The lowest BCUT2D eigenvalue weighted by molar-refractivity contribution is 0.0327. The Morgan fingerprint density at radius 1 is 1.45 bits per heavy atom. The molecular formula is C7H16N2O2. The molecule has 1 saturated heterocycles. The highest BCUT2D eigenvalue weighted by Crippen LogP contribution is 2.12. The first kappa shape index (κ1) is 8.93. The van der Waals surface area contributed by atoms with E-state index in [1.165, 1.54) is 0 Å². The van der Waals surface area contributed by atoms with E-state index in [1.807, 2.05) is 0 Å². The molecule has 0 atom stereocenters. The van der Waals surface area contributed by atoms with Gasteiger partial charge in [-0.1, -0.05) is 0 Å². The van der Waals surface area contributed by atoms with Gasteiger partial charge >= 0.3 is 0 Å². The van der Waals surface area contributed by atoms with E-state index in [0.717, 1.165) is 38.5 Å². The summed E-state index contributed by atoms with van der Waals surface area (Å²) in [6.45, 7) is 2.76. The maximum Gasteiger partial charge on any atom is 0.0588 e. The number of hydrogen-bond acceptors (Lipinski definition) is 4. The fourth-order valence-corrected chi connectivity index (χ4v) is 1.21. The average molecular weight is 160 g/mol. The van der Waals surface area contributed by atoms with Gasteiger partial charge in [-0.2, -0.15) is 0 Å². The molecule has 0 radical (unpaired) electrons. The molecule has 4 heteroatoms. The highest BCUT2D eigenvalue weighted by molar-refractivity contribution is 4.63. The molecule has 11 heavy (non-hydrogen) atoms. The van der Waals surface area contributed by atoms with Crippen LogP contribution in [0.2, 0.25) is 0 Å². The van der Waals surface area contributed by atoms with Crippen LogP contribution in [0.5, 0.6) is 0 Å². The minimum Gasteiger partial charge on any atom is -0.381 e. The summed E-state index contributed by atoms with van der Waals surface area (Å²) < 4.78 is 5.23. The first-order valence-corrected chi connectivity index (χ1v) is 4.02. The Bertz CT molecular complexity index is 94.4. The lowest BCUT2D eigenvalue weighted by Crippen LogP contribution is -2.36.